The van der Waals surface area contributed by atoms with E-state index in [9.17, 15) is 4.79 Å². The zero-order valence-electron chi connectivity index (χ0n) is 17.9. The van der Waals surface area contributed by atoms with Crippen molar-refractivity contribution >= 4 is 18.6 Å². The fourth-order valence-corrected chi connectivity index (χ4v) is 4.13. The monoisotopic (exact) mass is 404 g/mol. The van der Waals surface area contributed by atoms with Gasteiger partial charge in [0.25, 0.3) is 5.56 Å². The lowest BCUT2D eigenvalue weighted by Crippen LogP contribution is -2.34. The lowest BCUT2D eigenvalue weighted by atomic mass is 9.94. The standard InChI is InChI=1S/C23H28N6O/c1-5-27-10-8-18(9-11-27)21(24-4)15-29-17(3)26-20(12-23(29)30)19-6-7-22-25-16(2)13-28(22)14-19/h6-7,12-15,18H,4-5,8-11H2,1-3H3/b21-15-. The van der Waals surface area contributed by atoms with E-state index in [4.69, 9.17) is 0 Å². The molecule has 0 atom stereocenters. The zero-order valence-corrected chi connectivity index (χ0v) is 17.9. The predicted octanol–water partition coefficient (Wildman–Crippen LogP) is 3.41. The molecule has 0 aliphatic carbocycles. The number of piperidine rings is 1. The Morgan fingerprint density at radius 2 is 2.00 bits per heavy atom. The average molecular weight is 405 g/mol. The van der Waals surface area contributed by atoms with Crippen LogP contribution in [0.5, 0.6) is 0 Å². The lowest BCUT2D eigenvalue weighted by molar-refractivity contribution is 0.208. The number of aryl methyl sites for hydroxylation is 2. The van der Waals surface area contributed by atoms with Crippen molar-refractivity contribution in [3.05, 3.63) is 58.2 Å². The third-order valence-electron chi connectivity index (χ3n) is 5.89. The topological polar surface area (TPSA) is 67.8 Å². The molecule has 156 valence electrons. The number of allylic oxidation sites excluding steroid dienone is 1. The second-order valence-electron chi connectivity index (χ2n) is 7.88. The average Bonchev–Trinajstić information content (AvgIpc) is 3.12. The number of rotatable bonds is 5. The molecule has 0 spiro atoms. The lowest BCUT2D eigenvalue weighted by Gasteiger charge is -2.31. The van der Waals surface area contributed by atoms with Crippen LogP contribution < -0.4 is 5.56 Å². The van der Waals surface area contributed by atoms with Gasteiger partial charge in [-0.25, -0.2) is 9.97 Å². The van der Waals surface area contributed by atoms with Crippen LogP contribution in [0.2, 0.25) is 0 Å². The SMILES string of the molecule is C=N/C(=C\n1c(C)nc(-c2ccc3nc(C)cn3c2)cc1=O)C1CCN(CC)CC1. The van der Waals surface area contributed by atoms with Gasteiger partial charge >= 0.3 is 0 Å². The molecule has 4 heterocycles. The fourth-order valence-electron chi connectivity index (χ4n) is 4.13. The quantitative estimate of drug-likeness (QED) is 0.611. The van der Waals surface area contributed by atoms with Crippen LogP contribution in [-0.2, 0) is 0 Å². The number of likely N-dealkylation sites (tertiary alicyclic amines) is 1. The highest BCUT2D eigenvalue weighted by molar-refractivity contribution is 5.61. The predicted molar refractivity (Wildman–Crippen MR) is 121 cm³/mol. The Morgan fingerprint density at radius 1 is 1.23 bits per heavy atom. The van der Waals surface area contributed by atoms with Gasteiger partial charge in [-0.15, -0.1) is 0 Å². The molecule has 3 aromatic rings. The zero-order chi connectivity index (χ0) is 21.3. The number of aromatic nitrogens is 4. The van der Waals surface area contributed by atoms with E-state index in [2.05, 4.69) is 33.5 Å². The van der Waals surface area contributed by atoms with Crippen LogP contribution in [-0.4, -0.2) is 50.2 Å². The Bertz CT molecular complexity index is 1160. The van der Waals surface area contributed by atoms with Crippen LogP contribution in [0.4, 0.5) is 0 Å². The molecule has 0 amide bonds. The molecule has 4 rings (SSSR count). The van der Waals surface area contributed by atoms with Crippen LogP contribution in [0, 0.1) is 19.8 Å². The third kappa shape index (κ3) is 3.98. The number of aliphatic imine (C=N–C) groups is 1. The number of hydrogen-bond donors (Lipinski definition) is 0. The molecular formula is C23H28N6O. The van der Waals surface area contributed by atoms with Gasteiger partial charge in [0, 0.05) is 36.1 Å². The van der Waals surface area contributed by atoms with Gasteiger partial charge in [0.2, 0.25) is 0 Å². The van der Waals surface area contributed by atoms with E-state index in [0.717, 1.165) is 55.1 Å². The second-order valence-corrected chi connectivity index (χ2v) is 7.88. The summed E-state index contributed by atoms with van der Waals surface area (Å²) >= 11 is 0. The van der Waals surface area contributed by atoms with E-state index in [1.165, 1.54) is 0 Å². The molecule has 1 fully saturated rings. The van der Waals surface area contributed by atoms with Gasteiger partial charge in [-0.3, -0.25) is 14.4 Å². The van der Waals surface area contributed by atoms with Gasteiger partial charge in [0.1, 0.15) is 11.5 Å². The van der Waals surface area contributed by atoms with Crippen molar-refractivity contribution in [2.24, 2.45) is 10.9 Å². The minimum absolute atomic E-state index is 0.119. The molecule has 1 aliphatic rings. The first kappa shape index (κ1) is 20.2. The molecular weight excluding hydrogens is 376 g/mol. The smallest absolute Gasteiger partial charge is 0.258 e. The summed E-state index contributed by atoms with van der Waals surface area (Å²) in [6.07, 6.45) is 7.79. The first-order chi connectivity index (χ1) is 14.5. The number of nitrogens with zero attached hydrogens (tertiary/aromatic N) is 6. The summed E-state index contributed by atoms with van der Waals surface area (Å²) in [6.45, 7) is 12.9. The molecule has 7 nitrogen and oxygen atoms in total. The Kier molecular flexibility index (Phi) is 5.63. The maximum absolute atomic E-state index is 12.9. The van der Waals surface area contributed by atoms with Crippen LogP contribution >= 0.6 is 0 Å². The summed E-state index contributed by atoms with van der Waals surface area (Å²) in [5, 5.41) is 0. The van der Waals surface area contributed by atoms with E-state index in [1.54, 1.807) is 10.6 Å². The van der Waals surface area contributed by atoms with Gasteiger partial charge in [-0.05, 0) is 65.2 Å². The summed E-state index contributed by atoms with van der Waals surface area (Å²) < 4.78 is 3.54. The molecule has 0 unspecified atom stereocenters. The second kappa shape index (κ2) is 8.36. The van der Waals surface area contributed by atoms with Crippen LogP contribution in [0.25, 0.3) is 23.1 Å². The van der Waals surface area contributed by atoms with Crippen molar-refractivity contribution in [1.82, 2.24) is 23.8 Å². The van der Waals surface area contributed by atoms with Gasteiger partial charge < -0.3 is 9.30 Å². The van der Waals surface area contributed by atoms with E-state index < -0.39 is 0 Å². The highest BCUT2D eigenvalue weighted by Gasteiger charge is 2.21. The maximum atomic E-state index is 12.9. The molecule has 0 N–H and O–H groups in total. The Hall–Kier alpha value is -3.06. The third-order valence-corrected chi connectivity index (χ3v) is 5.89. The van der Waals surface area contributed by atoms with E-state index in [-0.39, 0.29) is 5.56 Å². The van der Waals surface area contributed by atoms with E-state index >= 15 is 0 Å². The molecule has 7 heteroatoms. The normalized spacial score (nSPS) is 16.3. The molecule has 0 bridgehead atoms. The Morgan fingerprint density at radius 3 is 2.67 bits per heavy atom. The van der Waals surface area contributed by atoms with Gasteiger partial charge in [0.05, 0.1) is 17.1 Å². The summed E-state index contributed by atoms with van der Waals surface area (Å²) in [5.41, 5.74) is 4.10. The van der Waals surface area contributed by atoms with Crippen molar-refractivity contribution in [3.8, 4) is 11.3 Å². The van der Waals surface area contributed by atoms with Crippen LogP contribution in [0.3, 0.4) is 0 Å². The summed E-state index contributed by atoms with van der Waals surface area (Å²) in [6, 6.07) is 5.46. The molecule has 1 aliphatic heterocycles. The number of hydrogen-bond acceptors (Lipinski definition) is 5. The molecule has 1 saturated heterocycles. The molecule has 0 radical (unpaired) electrons. The first-order valence-corrected chi connectivity index (χ1v) is 10.4. The van der Waals surface area contributed by atoms with E-state index in [0.29, 0.717) is 17.4 Å². The molecule has 3 aromatic heterocycles. The van der Waals surface area contributed by atoms with Crippen molar-refractivity contribution in [2.75, 3.05) is 19.6 Å². The number of fused-ring (bicyclic) bond motifs is 1. The minimum atomic E-state index is -0.119. The largest absolute Gasteiger partial charge is 0.306 e. The Labute approximate surface area is 176 Å². The minimum Gasteiger partial charge on any atom is -0.306 e. The van der Waals surface area contributed by atoms with Gasteiger partial charge in [-0.2, -0.15) is 0 Å². The molecule has 0 aromatic carbocycles. The summed E-state index contributed by atoms with van der Waals surface area (Å²) in [5.74, 6) is 0.953. The first-order valence-electron chi connectivity index (χ1n) is 10.4. The van der Waals surface area contributed by atoms with Crippen molar-refractivity contribution in [1.29, 1.82) is 0 Å². The molecule has 30 heavy (non-hydrogen) atoms. The van der Waals surface area contributed by atoms with E-state index in [1.807, 2.05) is 49.0 Å². The fraction of sp³-hybridized carbons (Fsp3) is 0.391. The number of imidazole rings is 1. The number of pyridine rings is 1. The van der Waals surface area contributed by atoms with Crippen LogP contribution in [0.1, 0.15) is 31.3 Å². The van der Waals surface area contributed by atoms with Crippen LogP contribution in [0.15, 0.2) is 46.1 Å². The van der Waals surface area contributed by atoms with Gasteiger partial charge in [0.15, 0.2) is 0 Å². The van der Waals surface area contributed by atoms with Gasteiger partial charge in [-0.1, -0.05) is 6.92 Å². The van der Waals surface area contributed by atoms with Crippen molar-refractivity contribution < 1.29 is 0 Å². The Balaban J connectivity index is 1.65. The summed E-state index contributed by atoms with van der Waals surface area (Å²) in [7, 11) is 0. The molecule has 0 saturated carbocycles. The summed E-state index contributed by atoms with van der Waals surface area (Å²) in [4.78, 5) is 28.7. The van der Waals surface area contributed by atoms with Crippen molar-refractivity contribution in [2.45, 2.75) is 33.6 Å². The highest BCUT2D eigenvalue weighted by Crippen LogP contribution is 2.26. The maximum Gasteiger partial charge on any atom is 0.258 e. The highest BCUT2D eigenvalue weighted by atomic mass is 16.1. The van der Waals surface area contributed by atoms with Crippen molar-refractivity contribution in [3.63, 3.8) is 0 Å².